The molecule has 0 aromatic heterocycles. The summed E-state index contributed by atoms with van der Waals surface area (Å²) in [5, 5.41) is 3.61. The van der Waals surface area contributed by atoms with Crippen molar-refractivity contribution in [2.75, 3.05) is 6.54 Å². The van der Waals surface area contributed by atoms with E-state index in [1.165, 1.54) is 16.7 Å². The van der Waals surface area contributed by atoms with Crippen LogP contribution in [0.4, 0.5) is 0 Å². The molecule has 3 nitrogen and oxygen atoms in total. The zero-order chi connectivity index (χ0) is 16.9. The lowest BCUT2D eigenvalue weighted by Gasteiger charge is -2.15. The lowest BCUT2D eigenvalue weighted by atomic mass is 10.1. The maximum absolute atomic E-state index is 10.8. The third-order valence-electron chi connectivity index (χ3n) is 4.35. The predicted octanol–water partition coefficient (Wildman–Crippen LogP) is 4.48. The van der Waals surface area contributed by atoms with Crippen LogP contribution < -0.4 is 10.1 Å². The van der Waals surface area contributed by atoms with E-state index in [0.29, 0.717) is 0 Å². The first-order chi connectivity index (χ1) is 11.6. The number of benzene rings is 2. The number of ether oxygens (including phenoxy) is 1. The van der Waals surface area contributed by atoms with Crippen LogP contribution >= 0.6 is 11.6 Å². The maximum atomic E-state index is 10.8. The van der Waals surface area contributed by atoms with Crippen molar-refractivity contribution in [3.63, 3.8) is 0 Å². The molecule has 4 heteroatoms. The second-order valence-electron chi connectivity index (χ2n) is 6.22. The first kappa shape index (κ1) is 16.8. The molecular weight excluding hydrogens is 322 g/mol. The van der Waals surface area contributed by atoms with Gasteiger partial charge in [0.25, 0.3) is 0 Å². The van der Waals surface area contributed by atoms with Gasteiger partial charge in [-0.25, -0.2) is 0 Å². The number of fused-ring (bicyclic) bond motifs is 1. The third-order valence-corrected chi connectivity index (χ3v) is 4.58. The highest BCUT2D eigenvalue weighted by Crippen LogP contribution is 2.36. The number of halogens is 1. The summed E-state index contributed by atoms with van der Waals surface area (Å²) in [6.45, 7) is 2.26. The number of aryl methyl sites for hydroxylation is 2. The fourth-order valence-electron chi connectivity index (χ4n) is 3.13. The van der Waals surface area contributed by atoms with E-state index in [9.17, 15) is 4.79 Å². The Labute approximate surface area is 148 Å². The van der Waals surface area contributed by atoms with Gasteiger partial charge in [-0.1, -0.05) is 29.8 Å². The van der Waals surface area contributed by atoms with Gasteiger partial charge in [-0.2, -0.15) is 0 Å². The van der Waals surface area contributed by atoms with Gasteiger partial charge in [-0.05, 0) is 66.6 Å². The van der Waals surface area contributed by atoms with Crippen LogP contribution in [0, 0.1) is 0 Å². The summed E-state index contributed by atoms with van der Waals surface area (Å²) in [5.41, 5.74) is 3.80. The van der Waals surface area contributed by atoms with Crippen LogP contribution in [0.3, 0.4) is 0 Å². The van der Waals surface area contributed by atoms with E-state index in [1.807, 2.05) is 24.3 Å². The van der Waals surface area contributed by atoms with Crippen LogP contribution in [-0.4, -0.2) is 12.5 Å². The number of nitrogens with one attached hydrogen (secondary N) is 1. The fourth-order valence-corrected chi connectivity index (χ4v) is 3.32. The van der Waals surface area contributed by atoms with Crippen molar-refractivity contribution in [2.24, 2.45) is 0 Å². The molecule has 2 aromatic carbocycles. The molecule has 0 aliphatic heterocycles. The molecule has 24 heavy (non-hydrogen) atoms. The van der Waals surface area contributed by atoms with Crippen molar-refractivity contribution in [1.29, 1.82) is 0 Å². The summed E-state index contributed by atoms with van der Waals surface area (Å²) in [6, 6.07) is 14.3. The number of carbonyl (C=O) groups is 1. The molecule has 0 fully saturated rings. The lowest BCUT2D eigenvalue weighted by Crippen LogP contribution is -2.21. The first-order valence-corrected chi connectivity index (χ1v) is 8.78. The Hall–Kier alpha value is -2.00. The normalized spacial score (nSPS) is 15.8. The first-order valence-electron chi connectivity index (χ1n) is 8.40. The maximum Gasteiger partial charge on any atom is 0.216 e. The average Bonchev–Trinajstić information content (AvgIpc) is 2.95. The zero-order valence-electron chi connectivity index (χ0n) is 13.8. The van der Waals surface area contributed by atoms with Crippen LogP contribution in [0.25, 0.3) is 0 Å². The van der Waals surface area contributed by atoms with Crippen molar-refractivity contribution in [3.8, 4) is 5.75 Å². The van der Waals surface area contributed by atoms with Gasteiger partial charge < -0.3 is 10.1 Å². The molecular formula is C20H22ClNO2. The summed E-state index contributed by atoms with van der Waals surface area (Å²) >= 11 is 6.05. The van der Waals surface area contributed by atoms with E-state index in [0.717, 1.165) is 43.0 Å². The number of hydrogen-bond acceptors (Lipinski definition) is 2. The van der Waals surface area contributed by atoms with Gasteiger partial charge in [0.1, 0.15) is 11.9 Å². The van der Waals surface area contributed by atoms with Gasteiger partial charge >= 0.3 is 0 Å². The van der Waals surface area contributed by atoms with E-state index in [4.69, 9.17) is 16.3 Å². The molecule has 1 aliphatic rings. The van der Waals surface area contributed by atoms with E-state index < -0.39 is 0 Å². The van der Waals surface area contributed by atoms with Gasteiger partial charge in [0.05, 0.1) is 0 Å². The van der Waals surface area contributed by atoms with Gasteiger partial charge in [-0.3, -0.25) is 4.79 Å². The lowest BCUT2D eigenvalue weighted by molar-refractivity contribution is -0.118. The molecule has 3 rings (SSSR count). The Morgan fingerprint density at radius 3 is 2.79 bits per heavy atom. The van der Waals surface area contributed by atoms with E-state index >= 15 is 0 Å². The van der Waals surface area contributed by atoms with Crippen LogP contribution in [0.15, 0.2) is 42.5 Å². The molecule has 126 valence electrons. The van der Waals surface area contributed by atoms with E-state index in [2.05, 4.69) is 23.5 Å². The summed E-state index contributed by atoms with van der Waals surface area (Å²) < 4.78 is 6.15. The van der Waals surface area contributed by atoms with Crippen molar-refractivity contribution in [2.45, 2.75) is 38.7 Å². The van der Waals surface area contributed by atoms with Crippen molar-refractivity contribution in [1.82, 2.24) is 5.32 Å². The highest BCUT2D eigenvalue weighted by atomic mass is 35.5. The molecule has 1 aliphatic carbocycles. The second-order valence-corrected chi connectivity index (χ2v) is 6.66. The molecule has 2 aromatic rings. The molecule has 1 amide bonds. The Morgan fingerprint density at radius 2 is 2.04 bits per heavy atom. The standard InChI is InChI=1S/C20H22ClNO2/c1-14(23)22-12-2-3-15-4-8-18(9-5-15)24-20-11-6-16-13-17(21)7-10-19(16)20/h4-5,7-10,13,20H,2-3,6,11-12H2,1H3,(H,22,23). The van der Waals surface area contributed by atoms with Crippen LogP contribution in [0.2, 0.25) is 5.02 Å². The minimum Gasteiger partial charge on any atom is -0.486 e. The Morgan fingerprint density at radius 1 is 1.25 bits per heavy atom. The van der Waals surface area contributed by atoms with Crippen LogP contribution in [0.1, 0.15) is 42.6 Å². The summed E-state index contributed by atoms with van der Waals surface area (Å²) in [5.74, 6) is 0.922. The smallest absolute Gasteiger partial charge is 0.216 e. The molecule has 0 saturated carbocycles. The fraction of sp³-hybridized carbons (Fsp3) is 0.350. The number of carbonyl (C=O) groups excluding carboxylic acids is 1. The topological polar surface area (TPSA) is 38.3 Å². The Balaban J connectivity index is 1.55. The predicted molar refractivity (Wildman–Crippen MR) is 96.6 cm³/mol. The van der Waals surface area contributed by atoms with Gasteiger partial charge in [0, 0.05) is 18.5 Å². The minimum absolute atomic E-state index is 0.0249. The summed E-state index contributed by atoms with van der Waals surface area (Å²) in [7, 11) is 0. The summed E-state index contributed by atoms with van der Waals surface area (Å²) in [6.07, 6.45) is 4.01. The molecule has 0 bridgehead atoms. The van der Waals surface area contributed by atoms with Crippen molar-refractivity contribution >= 4 is 17.5 Å². The molecule has 0 radical (unpaired) electrons. The quantitative estimate of drug-likeness (QED) is 0.785. The highest BCUT2D eigenvalue weighted by Gasteiger charge is 2.24. The van der Waals surface area contributed by atoms with Gasteiger partial charge in [0.15, 0.2) is 0 Å². The largest absolute Gasteiger partial charge is 0.486 e. The minimum atomic E-state index is 0.0249. The number of hydrogen-bond donors (Lipinski definition) is 1. The molecule has 1 unspecified atom stereocenters. The molecule has 0 heterocycles. The number of rotatable bonds is 6. The number of amides is 1. The van der Waals surface area contributed by atoms with Gasteiger partial charge in [-0.15, -0.1) is 0 Å². The van der Waals surface area contributed by atoms with E-state index in [-0.39, 0.29) is 12.0 Å². The summed E-state index contributed by atoms with van der Waals surface area (Å²) in [4.78, 5) is 10.8. The highest BCUT2D eigenvalue weighted by molar-refractivity contribution is 6.30. The second kappa shape index (κ2) is 7.71. The van der Waals surface area contributed by atoms with E-state index in [1.54, 1.807) is 6.92 Å². The SMILES string of the molecule is CC(=O)NCCCc1ccc(OC2CCc3cc(Cl)ccc32)cc1. The monoisotopic (exact) mass is 343 g/mol. The molecule has 1 atom stereocenters. The molecule has 1 N–H and O–H groups in total. The third kappa shape index (κ3) is 4.30. The molecule has 0 spiro atoms. The Kier molecular flexibility index (Phi) is 5.41. The Bertz CT molecular complexity index is 712. The zero-order valence-corrected chi connectivity index (χ0v) is 14.6. The average molecular weight is 344 g/mol. The van der Waals surface area contributed by atoms with Crippen molar-refractivity contribution < 1.29 is 9.53 Å². The van der Waals surface area contributed by atoms with Crippen LogP contribution in [-0.2, 0) is 17.6 Å². The van der Waals surface area contributed by atoms with Crippen molar-refractivity contribution in [3.05, 3.63) is 64.2 Å². The van der Waals surface area contributed by atoms with Crippen LogP contribution in [0.5, 0.6) is 5.75 Å². The van der Waals surface area contributed by atoms with Gasteiger partial charge in [0.2, 0.25) is 5.91 Å². The molecule has 0 saturated heterocycles.